The number of ether oxygens (including phenoxy) is 3. The Kier molecular flexibility index (Phi) is 6.43. The van der Waals surface area contributed by atoms with Gasteiger partial charge in [0.25, 0.3) is 0 Å². The van der Waals surface area contributed by atoms with Gasteiger partial charge in [-0.1, -0.05) is 11.6 Å². The van der Waals surface area contributed by atoms with Gasteiger partial charge in [0.15, 0.2) is 11.5 Å². The third-order valence-electron chi connectivity index (χ3n) is 6.71. The summed E-state index contributed by atoms with van der Waals surface area (Å²) in [5.74, 6) is -0.138. The van der Waals surface area contributed by atoms with E-state index in [4.69, 9.17) is 18.6 Å². The fraction of sp³-hybridized carbons (Fsp3) is 0.200. The van der Waals surface area contributed by atoms with Gasteiger partial charge in [0.05, 0.1) is 43.1 Å². The zero-order valence-corrected chi connectivity index (χ0v) is 22.0. The van der Waals surface area contributed by atoms with Gasteiger partial charge in [-0.25, -0.2) is 4.79 Å². The molecule has 0 unspecified atom stereocenters. The molecule has 0 saturated carbocycles. The highest BCUT2D eigenvalue weighted by Gasteiger charge is 2.28. The second kappa shape index (κ2) is 9.75. The molecule has 1 atom stereocenters. The molecular formula is C30H27NO8. The number of aromatic amines is 1. The van der Waals surface area contributed by atoms with Crippen LogP contribution >= 0.6 is 0 Å². The van der Waals surface area contributed by atoms with Gasteiger partial charge in [0.2, 0.25) is 5.43 Å². The quantitative estimate of drug-likeness (QED) is 0.153. The van der Waals surface area contributed by atoms with Crippen molar-refractivity contribution in [3.63, 3.8) is 0 Å². The van der Waals surface area contributed by atoms with Crippen LogP contribution in [-0.4, -0.2) is 36.5 Å². The first kappa shape index (κ1) is 25.7. The number of allylic oxidation sites excluding steroid dienone is 2. The normalized spacial score (nSPS) is 12.0. The van der Waals surface area contributed by atoms with Gasteiger partial charge >= 0.3 is 5.63 Å². The van der Waals surface area contributed by atoms with Crippen LogP contribution in [0, 0.1) is 0 Å². The standard InChI is InChI=1S/C30H27NO8/c1-14(2)10-18(17-11-15-6-9-24(33)39-21(15)13-22(17)36-3)25-23(37-4)12-19-26(29(25)35)28(34)16-7-8-20(32)30(38-5)27(16)31-19/h6-13,18,32,35H,1-5H3,(H,31,34)/t18-/m0/s1. The molecule has 0 bridgehead atoms. The van der Waals surface area contributed by atoms with E-state index in [1.807, 2.05) is 26.0 Å². The molecule has 200 valence electrons. The number of benzene rings is 3. The number of aromatic nitrogens is 1. The first-order chi connectivity index (χ1) is 18.7. The van der Waals surface area contributed by atoms with Crippen LogP contribution < -0.4 is 25.3 Å². The van der Waals surface area contributed by atoms with E-state index in [1.165, 1.54) is 39.5 Å². The number of rotatable bonds is 6. The lowest BCUT2D eigenvalue weighted by molar-refractivity contribution is 0.377. The van der Waals surface area contributed by atoms with Crippen molar-refractivity contribution < 1.29 is 28.8 Å². The summed E-state index contributed by atoms with van der Waals surface area (Å²) in [6, 6.07) is 10.9. The number of fused-ring (bicyclic) bond motifs is 3. The molecule has 0 aliphatic rings. The molecule has 0 spiro atoms. The molecule has 2 aromatic heterocycles. The van der Waals surface area contributed by atoms with Crippen LogP contribution in [0.3, 0.4) is 0 Å². The average molecular weight is 530 g/mol. The van der Waals surface area contributed by atoms with E-state index < -0.39 is 17.0 Å². The molecule has 5 rings (SSSR count). The third kappa shape index (κ3) is 4.21. The number of hydrogen-bond donors (Lipinski definition) is 3. The fourth-order valence-electron chi connectivity index (χ4n) is 5.01. The van der Waals surface area contributed by atoms with Crippen LogP contribution in [0.2, 0.25) is 0 Å². The Bertz CT molecular complexity index is 1910. The van der Waals surface area contributed by atoms with Crippen molar-refractivity contribution in [3.05, 3.63) is 85.9 Å². The number of phenolic OH excluding ortho intramolecular Hbond substituents is 2. The van der Waals surface area contributed by atoms with Crippen molar-refractivity contribution in [2.45, 2.75) is 19.8 Å². The maximum atomic E-state index is 13.7. The van der Waals surface area contributed by atoms with Gasteiger partial charge in [-0.15, -0.1) is 0 Å². The lowest BCUT2D eigenvalue weighted by Crippen LogP contribution is -2.10. The molecule has 0 amide bonds. The van der Waals surface area contributed by atoms with Crippen molar-refractivity contribution in [3.8, 4) is 28.7 Å². The Morgan fingerprint density at radius 1 is 0.949 bits per heavy atom. The Morgan fingerprint density at radius 3 is 2.36 bits per heavy atom. The van der Waals surface area contributed by atoms with Crippen LogP contribution in [-0.2, 0) is 0 Å². The average Bonchev–Trinajstić information content (AvgIpc) is 2.90. The lowest BCUT2D eigenvalue weighted by atomic mass is 9.86. The van der Waals surface area contributed by atoms with Gasteiger partial charge in [-0.05, 0) is 38.1 Å². The van der Waals surface area contributed by atoms with E-state index in [-0.39, 0.29) is 28.0 Å². The van der Waals surface area contributed by atoms with Gasteiger partial charge in [0, 0.05) is 40.6 Å². The molecule has 0 saturated heterocycles. The van der Waals surface area contributed by atoms with Crippen molar-refractivity contribution in [2.24, 2.45) is 0 Å². The van der Waals surface area contributed by atoms with E-state index in [0.29, 0.717) is 44.6 Å². The molecule has 5 aromatic rings. The number of nitrogens with one attached hydrogen (secondary N) is 1. The highest BCUT2D eigenvalue weighted by atomic mass is 16.5. The van der Waals surface area contributed by atoms with Gasteiger partial charge in [-0.2, -0.15) is 0 Å². The summed E-state index contributed by atoms with van der Waals surface area (Å²) in [7, 11) is 4.37. The Morgan fingerprint density at radius 2 is 1.69 bits per heavy atom. The van der Waals surface area contributed by atoms with Crippen LogP contribution in [0.15, 0.2) is 68.1 Å². The summed E-state index contributed by atoms with van der Waals surface area (Å²) in [6.07, 6.45) is 1.93. The summed E-state index contributed by atoms with van der Waals surface area (Å²) < 4.78 is 22.1. The van der Waals surface area contributed by atoms with Crippen LogP contribution in [0.1, 0.15) is 30.9 Å². The monoisotopic (exact) mass is 529 g/mol. The fourth-order valence-corrected chi connectivity index (χ4v) is 5.01. The second-order valence-electron chi connectivity index (χ2n) is 9.37. The number of phenols is 2. The summed E-state index contributed by atoms with van der Waals surface area (Å²) in [6.45, 7) is 3.84. The highest BCUT2D eigenvalue weighted by Crippen LogP contribution is 2.46. The Labute approximate surface area is 222 Å². The molecule has 9 heteroatoms. The first-order valence-electron chi connectivity index (χ1n) is 12.1. The molecule has 3 aromatic carbocycles. The summed E-state index contributed by atoms with van der Waals surface area (Å²) in [5.41, 5.74) is 1.99. The van der Waals surface area contributed by atoms with Crippen LogP contribution in [0.4, 0.5) is 0 Å². The first-order valence-corrected chi connectivity index (χ1v) is 12.1. The molecule has 3 N–H and O–H groups in total. The zero-order valence-electron chi connectivity index (χ0n) is 22.0. The minimum absolute atomic E-state index is 0.0592. The molecular weight excluding hydrogens is 502 g/mol. The molecule has 0 fully saturated rings. The maximum absolute atomic E-state index is 13.7. The number of pyridine rings is 1. The minimum atomic E-state index is -0.606. The number of H-pyrrole nitrogens is 1. The van der Waals surface area contributed by atoms with Gasteiger partial charge < -0.3 is 33.8 Å². The molecule has 0 aliphatic heterocycles. The minimum Gasteiger partial charge on any atom is -0.507 e. The lowest BCUT2D eigenvalue weighted by Gasteiger charge is -2.23. The predicted molar refractivity (Wildman–Crippen MR) is 149 cm³/mol. The Hall–Kier alpha value is -4.92. The highest BCUT2D eigenvalue weighted by molar-refractivity contribution is 6.00. The van der Waals surface area contributed by atoms with Crippen molar-refractivity contribution >= 4 is 32.8 Å². The van der Waals surface area contributed by atoms with E-state index in [2.05, 4.69) is 4.98 Å². The van der Waals surface area contributed by atoms with Crippen molar-refractivity contribution in [1.29, 1.82) is 0 Å². The van der Waals surface area contributed by atoms with Crippen LogP contribution in [0.5, 0.6) is 28.7 Å². The molecule has 2 heterocycles. The van der Waals surface area contributed by atoms with Crippen molar-refractivity contribution in [1.82, 2.24) is 4.98 Å². The molecule has 0 radical (unpaired) electrons. The summed E-state index contributed by atoms with van der Waals surface area (Å²) >= 11 is 0. The number of methoxy groups -OCH3 is 3. The molecule has 9 nitrogen and oxygen atoms in total. The smallest absolute Gasteiger partial charge is 0.336 e. The van der Waals surface area contributed by atoms with Gasteiger partial charge in [-0.3, -0.25) is 4.79 Å². The maximum Gasteiger partial charge on any atom is 0.336 e. The van der Waals surface area contributed by atoms with Crippen LogP contribution in [0.25, 0.3) is 32.8 Å². The largest absolute Gasteiger partial charge is 0.507 e. The summed E-state index contributed by atoms with van der Waals surface area (Å²) in [5, 5.41) is 22.9. The molecule has 39 heavy (non-hydrogen) atoms. The van der Waals surface area contributed by atoms with E-state index in [0.717, 1.165) is 5.57 Å². The topological polar surface area (TPSA) is 131 Å². The number of aromatic hydroxyl groups is 2. The second-order valence-corrected chi connectivity index (χ2v) is 9.37. The van der Waals surface area contributed by atoms with Gasteiger partial charge in [0.1, 0.15) is 22.8 Å². The molecule has 0 aliphatic carbocycles. The van der Waals surface area contributed by atoms with Crippen molar-refractivity contribution in [2.75, 3.05) is 21.3 Å². The van der Waals surface area contributed by atoms with E-state index in [1.54, 1.807) is 18.2 Å². The van der Waals surface area contributed by atoms with E-state index >= 15 is 0 Å². The Balaban J connectivity index is 1.89. The SMILES string of the molecule is COc1cc2oc(=O)ccc2cc1[C@H](C=C(C)C)c1c(OC)cc2[nH]c3c(OC)c(O)ccc3c(=O)c2c1O. The zero-order chi connectivity index (χ0) is 28.0. The third-order valence-corrected chi connectivity index (χ3v) is 6.71. The number of hydrogen-bond acceptors (Lipinski definition) is 8. The summed E-state index contributed by atoms with van der Waals surface area (Å²) in [4.78, 5) is 28.6. The van der Waals surface area contributed by atoms with E-state index in [9.17, 15) is 19.8 Å². The predicted octanol–water partition coefficient (Wildman–Crippen LogP) is 5.32.